The highest BCUT2D eigenvalue weighted by Crippen LogP contribution is 2.26. The normalized spacial score (nSPS) is 12.3. The summed E-state index contributed by atoms with van der Waals surface area (Å²) in [5.41, 5.74) is 6.77. The van der Waals surface area contributed by atoms with Crippen molar-refractivity contribution in [2.24, 2.45) is 0 Å². The fraction of sp³-hybridized carbons (Fsp3) is 0.538. The van der Waals surface area contributed by atoms with Crippen LogP contribution < -0.4 is 5.73 Å². The van der Waals surface area contributed by atoms with Crippen molar-refractivity contribution < 1.29 is 13.2 Å². The number of aryl methyl sites for hydroxylation is 1. The Labute approximate surface area is 115 Å². The molecule has 0 bridgehead atoms. The average molecular weight is 286 g/mol. The highest BCUT2D eigenvalue weighted by molar-refractivity contribution is 7.89. The van der Waals surface area contributed by atoms with Gasteiger partial charge in [-0.1, -0.05) is 12.1 Å². The third-order valence-electron chi connectivity index (χ3n) is 2.90. The second kappa shape index (κ2) is 6.36. The minimum Gasteiger partial charge on any atom is -0.398 e. The van der Waals surface area contributed by atoms with Crippen LogP contribution in [0.3, 0.4) is 0 Å². The Balaban J connectivity index is 3.27. The lowest BCUT2D eigenvalue weighted by molar-refractivity contribution is 0.171. The molecule has 0 aliphatic heterocycles. The van der Waals surface area contributed by atoms with Gasteiger partial charge in [0.25, 0.3) is 0 Å². The van der Waals surface area contributed by atoms with E-state index in [1.165, 1.54) is 4.31 Å². The first-order valence-electron chi connectivity index (χ1n) is 6.18. The van der Waals surface area contributed by atoms with E-state index in [1.807, 2.05) is 13.8 Å². The molecule has 0 saturated heterocycles. The molecule has 0 amide bonds. The van der Waals surface area contributed by atoms with Crippen LogP contribution in [0.2, 0.25) is 0 Å². The molecule has 0 unspecified atom stereocenters. The molecular formula is C13H22N2O3S. The van der Waals surface area contributed by atoms with Gasteiger partial charge in [0.05, 0.1) is 12.3 Å². The molecule has 0 fully saturated rings. The van der Waals surface area contributed by atoms with E-state index >= 15 is 0 Å². The zero-order chi connectivity index (χ0) is 14.6. The molecule has 0 saturated carbocycles. The van der Waals surface area contributed by atoms with Gasteiger partial charge in [-0.3, -0.25) is 0 Å². The van der Waals surface area contributed by atoms with Crippen molar-refractivity contribution in [1.29, 1.82) is 0 Å². The summed E-state index contributed by atoms with van der Waals surface area (Å²) in [6.07, 6.45) is 0. The molecule has 0 aromatic heterocycles. The largest absolute Gasteiger partial charge is 0.398 e. The maximum absolute atomic E-state index is 12.7. The molecule has 0 aliphatic carbocycles. The predicted molar refractivity (Wildman–Crippen MR) is 76.5 cm³/mol. The van der Waals surface area contributed by atoms with Gasteiger partial charge in [-0.2, -0.15) is 4.31 Å². The molecule has 1 aromatic rings. The summed E-state index contributed by atoms with van der Waals surface area (Å²) in [5, 5.41) is 0. The monoisotopic (exact) mass is 286 g/mol. The first-order chi connectivity index (χ1) is 8.82. The maximum Gasteiger partial charge on any atom is 0.245 e. The van der Waals surface area contributed by atoms with Gasteiger partial charge in [0.1, 0.15) is 4.90 Å². The number of sulfonamides is 1. The van der Waals surface area contributed by atoms with Crippen LogP contribution in [0.1, 0.15) is 19.4 Å². The van der Waals surface area contributed by atoms with E-state index in [2.05, 4.69) is 0 Å². The number of nitrogens with two attached hydrogens (primary N) is 1. The number of benzene rings is 1. The van der Waals surface area contributed by atoms with Crippen LogP contribution in [0.25, 0.3) is 0 Å². The quantitative estimate of drug-likeness (QED) is 0.807. The third kappa shape index (κ3) is 3.46. The Morgan fingerprint density at radius 1 is 1.37 bits per heavy atom. The van der Waals surface area contributed by atoms with Crippen LogP contribution in [0.4, 0.5) is 5.69 Å². The molecule has 5 nitrogen and oxygen atoms in total. The van der Waals surface area contributed by atoms with Crippen molar-refractivity contribution in [3.8, 4) is 0 Å². The number of rotatable bonds is 6. The first-order valence-corrected chi connectivity index (χ1v) is 7.62. The Morgan fingerprint density at radius 3 is 2.47 bits per heavy atom. The third-order valence-corrected chi connectivity index (χ3v) is 5.20. The highest BCUT2D eigenvalue weighted by Gasteiger charge is 2.29. The van der Waals surface area contributed by atoms with E-state index in [9.17, 15) is 8.42 Å². The Hall–Kier alpha value is -1.11. The summed E-state index contributed by atoms with van der Waals surface area (Å²) in [4.78, 5) is 0.194. The molecule has 0 aliphatic rings. The Kier molecular flexibility index (Phi) is 5.34. The summed E-state index contributed by atoms with van der Waals surface area (Å²) in [6.45, 7) is 6.08. The molecule has 1 rings (SSSR count). The number of anilines is 1. The van der Waals surface area contributed by atoms with Gasteiger partial charge in [0, 0.05) is 19.7 Å². The zero-order valence-electron chi connectivity index (χ0n) is 11.9. The molecule has 6 heteroatoms. The smallest absolute Gasteiger partial charge is 0.245 e. The van der Waals surface area contributed by atoms with Crippen molar-refractivity contribution in [2.45, 2.75) is 31.7 Å². The highest BCUT2D eigenvalue weighted by atomic mass is 32.2. The summed E-state index contributed by atoms with van der Waals surface area (Å²) in [6, 6.07) is 4.95. The van der Waals surface area contributed by atoms with E-state index in [-0.39, 0.29) is 16.6 Å². The maximum atomic E-state index is 12.7. The topological polar surface area (TPSA) is 72.6 Å². The van der Waals surface area contributed by atoms with Crippen molar-refractivity contribution in [1.82, 2.24) is 4.31 Å². The lowest BCUT2D eigenvalue weighted by Crippen LogP contribution is -2.39. The van der Waals surface area contributed by atoms with Gasteiger partial charge in [-0.15, -0.1) is 0 Å². The number of hydrogen-bond acceptors (Lipinski definition) is 4. The molecule has 0 spiro atoms. The van der Waals surface area contributed by atoms with Gasteiger partial charge in [0.2, 0.25) is 10.0 Å². The summed E-state index contributed by atoms with van der Waals surface area (Å²) in [7, 11) is -2.06. The molecule has 19 heavy (non-hydrogen) atoms. The fourth-order valence-corrected chi connectivity index (χ4v) is 3.93. The second-order valence-corrected chi connectivity index (χ2v) is 6.52. The van der Waals surface area contributed by atoms with E-state index < -0.39 is 10.0 Å². The van der Waals surface area contributed by atoms with Crippen LogP contribution in [-0.2, 0) is 14.8 Å². The van der Waals surface area contributed by atoms with Crippen LogP contribution in [0, 0.1) is 6.92 Å². The van der Waals surface area contributed by atoms with Crippen molar-refractivity contribution >= 4 is 15.7 Å². The van der Waals surface area contributed by atoms with Gasteiger partial charge in [0.15, 0.2) is 0 Å². The first kappa shape index (κ1) is 15.9. The molecule has 0 atom stereocenters. The predicted octanol–water partition coefficient (Wildman–Crippen LogP) is 1.62. The van der Waals surface area contributed by atoms with Gasteiger partial charge in [-0.25, -0.2) is 8.42 Å². The van der Waals surface area contributed by atoms with Crippen molar-refractivity contribution in [3.05, 3.63) is 23.8 Å². The summed E-state index contributed by atoms with van der Waals surface area (Å²) in [5.74, 6) is 0. The molecule has 0 heterocycles. The van der Waals surface area contributed by atoms with Crippen LogP contribution in [-0.4, -0.2) is 39.0 Å². The Morgan fingerprint density at radius 2 is 2.00 bits per heavy atom. The van der Waals surface area contributed by atoms with Crippen LogP contribution in [0.5, 0.6) is 0 Å². The molecule has 1 aromatic carbocycles. The lowest BCUT2D eigenvalue weighted by atomic mass is 10.2. The number of nitrogens with zero attached hydrogens (tertiary/aromatic N) is 1. The van der Waals surface area contributed by atoms with E-state index in [1.54, 1.807) is 32.2 Å². The van der Waals surface area contributed by atoms with Gasteiger partial charge < -0.3 is 10.5 Å². The average Bonchev–Trinajstić information content (AvgIpc) is 2.27. The summed E-state index contributed by atoms with van der Waals surface area (Å²) < 4.78 is 31.8. The van der Waals surface area contributed by atoms with E-state index in [4.69, 9.17) is 10.5 Å². The van der Waals surface area contributed by atoms with Crippen molar-refractivity contribution in [3.63, 3.8) is 0 Å². The molecule has 2 N–H and O–H groups in total. The summed E-state index contributed by atoms with van der Waals surface area (Å²) >= 11 is 0. The number of ether oxygens (including phenoxy) is 1. The zero-order valence-corrected chi connectivity index (χ0v) is 12.7. The van der Waals surface area contributed by atoms with Gasteiger partial charge in [-0.05, 0) is 32.4 Å². The standard InChI is InChI=1S/C13H22N2O3S/c1-10(2)15(8-9-18-4)19(16,17)13-11(3)6-5-7-12(13)14/h5-7,10H,8-9,14H2,1-4H3. The van der Waals surface area contributed by atoms with E-state index in [0.717, 1.165) is 0 Å². The molecular weight excluding hydrogens is 264 g/mol. The van der Waals surface area contributed by atoms with E-state index in [0.29, 0.717) is 18.7 Å². The van der Waals surface area contributed by atoms with Crippen molar-refractivity contribution in [2.75, 3.05) is 26.0 Å². The fourth-order valence-electron chi connectivity index (χ4n) is 1.98. The Bertz CT molecular complexity index is 506. The number of nitrogen functional groups attached to an aromatic ring is 1. The lowest BCUT2D eigenvalue weighted by Gasteiger charge is -2.27. The SMILES string of the molecule is COCCN(C(C)C)S(=O)(=O)c1c(C)cccc1N. The minimum absolute atomic E-state index is 0.154. The van der Waals surface area contributed by atoms with Crippen LogP contribution in [0.15, 0.2) is 23.1 Å². The minimum atomic E-state index is -3.61. The number of hydrogen-bond donors (Lipinski definition) is 1. The van der Waals surface area contributed by atoms with Crippen LogP contribution >= 0.6 is 0 Å². The number of methoxy groups -OCH3 is 1. The molecule has 108 valence electrons. The second-order valence-electron chi connectivity index (χ2n) is 4.70. The molecule has 0 radical (unpaired) electrons. The van der Waals surface area contributed by atoms with Gasteiger partial charge >= 0.3 is 0 Å².